The van der Waals surface area contributed by atoms with E-state index in [1.165, 1.54) is 25.2 Å². The van der Waals surface area contributed by atoms with E-state index >= 15 is 4.39 Å². The summed E-state index contributed by atoms with van der Waals surface area (Å²) in [4.78, 5) is 71.0. The number of nitrogens with zero attached hydrogens (tertiary/aromatic N) is 4. The lowest BCUT2D eigenvalue weighted by Gasteiger charge is -2.30. The monoisotopic (exact) mass is 842 g/mol. The first kappa shape index (κ1) is 42.3. The maximum absolute atomic E-state index is 16.0. The highest BCUT2D eigenvalue weighted by molar-refractivity contribution is 6.78. The molecule has 5 aromatic rings. The van der Waals surface area contributed by atoms with E-state index in [1.807, 2.05) is 55.1 Å². The molecule has 2 fully saturated rings. The zero-order chi connectivity index (χ0) is 43.2. The highest BCUT2D eigenvalue weighted by Gasteiger charge is 2.46. The van der Waals surface area contributed by atoms with E-state index in [-0.39, 0.29) is 36.8 Å². The standard InChI is InChI=1S/C43H52F2N8O6Si/c1-22(2)35(50-42(56)58-5)40(54)52-19-27(44)17-33(52)39-47-31-14-11-25-15-24(9-13-29(25)37(31)49-39)28-12-10-26(16-30(28)45)32-18-46-38(48-32)34-20-60(7,8)21-53(34)41(55)36(23(3)4)51-43(57)59-6/h9-16,18,22-23,27,33-36H,17,19-21H2,1-8H3,(H,46,48)(H,47,49)(H,50,56)(H,51,57)/t27?,33-,34?,35?,36-/m0/s1. The molecule has 5 atom stereocenters. The second-order valence-electron chi connectivity index (χ2n) is 17.3. The number of H-pyrrole nitrogens is 2. The van der Waals surface area contributed by atoms with Gasteiger partial charge in [-0.15, -0.1) is 0 Å². The zero-order valence-electron chi connectivity index (χ0n) is 35.1. The number of carbonyl (C=O) groups is 4. The summed E-state index contributed by atoms with van der Waals surface area (Å²) < 4.78 is 40.5. The third kappa shape index (κ3) is 8.31. The van der Waals surface area contributed by atoms with Crippen LogP contribution in [0.1, 0.15) is 57.8 Å². The fourth-order valence-electron chi connectivity index (χ4n) is 8.51. The number of nitrogens with one attached hydrogen (secondary N) is 4. The molecule has 4 N–H and O–H groups in total. The number of halogens is 2. The number of rotatable bonds is 10. The Balaban J connectivity index is 1.12. The lowest BCUT2D eigenvalue weighted by molar-refractivity contribution is -0.136. The van der Waals surface area contributed by atoms with E-state index in [0.29, 0.717) is 51.2 Å². The molecule has 2 saturated heterocycles. The zero-order valence-corrected chi connectivity index (χ0v) is 36.1. The van der Waals surface area contributed by atoms with Crippen LogP contribution >= 0.6 is 0 Å². The summed E-state index contributed by atoms with van der Waals surface area (Å²) in [5, 5.41) is 6.93. The number of carbonyl (C=O) groups excluding carboxylic acids is 4. The van der Waals surface area contributed by atoms with Crippen molar-refractivity contribution in [3.63, 3.8) is 0 Å². The van der Waals surface area contributed by atoms with Gasteiger partial charge in [0.2, 0.25) is 11.8 Å². The summed E-state index contributed by atoms with van der Waals surface area (Å²) in [5.74, 6) is -0.429. The average molecular weight is 843 g/mol. The lowest BCUT2D eigenvalue weighted by atomic mass is 9.98. The molecule has 0 aliphatic carbocycles. The topological polar surface area (TPSA) is 175 Å². The summed E-state index contributed by atoms with van der Waals surface area (Å²) in [7, 11) is 0.651. The third-order valence-corrected chi connectivity index (χ3v) is 14.3. The minimum absolute atomic E-state index is 0.0547. The molecule has 3 aromatic carbocycles. The van der Waals surface area contributed by atoms with Gasteiger partial charge < -0.3 is 39.9 Å². The van der Waals surface area contributed by atoms with Crippen molar-refractivity contribution in [2.45, 2.75) is 83.6 Å². The normalized spacial score (nSPS) is 19.9. The molecule has 2 aliphatic heterocycles. The van der Waals surface area contributed by atoms with Crippen molar-refractivity contribution in [1.29, 1.82) is 0 Å². The number of ether oxygens (including phenoxy) is 2. The molecule has 2 aromatic heterocycles. The van der Waals surface area contributed by atoms with Gasteiger partial charge >= 0.3 is 12.2 Å². The molecular formula is C43H52F2N8O6Si. The first-order chi connectivity index (χ1) is 28.5. The van der Waals surface area contributed by atoms with Gasteiger partial charge in [0.25, 0.3) is 0 Å². The van der Waals surface area contributed by atoms with Crippen molar-refractivity contribution < 1.29 is 37.4 Å². The number of alkyl carbamates (subject to hydrolysis) is 2. The summed E-state index contributed by atoms with van der Waals surface area (Å²) in [6, 6.07) is 12.5. The van der Waals surface area contributed by atoms with Gasteiger partial charge in [-0.3, -0.25) is 9.59 Å². The molecule has 4 amide bonds. The highest BCUT2D eigenvalue weighted by atomic mass is 28.3. The SMILES string of the molecule is COC(=O)NC(C(=O)N1CC(F)C[C@H]1c1nc2ccc3cc(-c4ccc(-c5cnc(C6C[Si](C)(C)CN6C(=O)[C@@H](NC(=O)OC)C(C)C)[nH]5)cc4F)ccc3c2[nH]1)C(C)C. The van der Waals surface area contributed by atoms with Gasteiger partial charge in [-0.05, 0) is 47.0 Å². The van der Waals surface area contributed by atoms with E-state index in [2.05, 4.69) is 38.7 Å². The van der Waals surface area contributed by atoms with Crippen LogP contribution in [0.15, 0.2) is 54.7 Å². The van der Waals surface area contributed by atoms with Gasteiger partial charge in [0, 0.05) is 29.1 Å². The maximum atomic E-state index is 16.0. The molecule has 7 rings (SSSR count). The average Bonchev–Trinajstić information content (AvgIpc) is 4.02. The predicted molar refractivity (Wildman–Crippen MR) is 226 cm³/mol. The second kappa shape index (κ2) is 16.7. The highest BCUT2D eigenvalue weighted by Crippen LogP contribution is 2.40. The summed E-state index contributed by atoms with van der Waals surface area (Å²) >= 11 is 0. The first-order valence-corrected chi connectivity index (χ1v) is 23.6. The Morgan fingerprint density at radius 1 is 0.833 bits per heavy atom. The summed E-state index contributed by atoms with van der Waals surface area (Å²) in [6.07, 6.45) is -0.356. The van der Waals surface area contributed by atoms with Crippen molar-refractivity contribution >= 4 is 53.9 Å². The number of benzene rings is 3. The van der Waals surface area contributed by atoms with E-state index in [9.17, 15) is 23.6 Å². The Morgan fingerprint density at radius 3 is 2.12 bits per heavy atom. The number of hydrogen-bond acceptors (Lipinski definition) is 8. The minimum Gasteiger partial charge on any atom is -0.453 e. The number of likely N-dealkylation sites (tertiary alicyclic amines) is 1. The summed E-state index contributed by atoms with van der Waals surface area (Å²) in [5.41, 5.74) is 3.61. The first-order valence-electron chi connectivity index (χ1n) is 20.2. The van der Waals surface area contributed by atoms with E-state index < -0.39 is 56.3 Å². The third-order valence-electron chi connectivity index (χ3n) is 11.6. The largest absolute Gasteiger partial charge is 0.453 e. The Morgan fingerprint density at radius 2 is 1.48 bits per heavy atom. The van der Waals surface area contributed by atoms with Crippen LogP contribution in [0.2, 0.25) is 19.1 Å². The van der Waals surface area contributed by atoms with Crippen LogP contribution in [-0.2, 0) is 19.1 Å². The number of aromatic nitrogens is 4. The Bertz CT molecular complexity index is 2450. The fraction of sp³-hybridized carbons (Fsp3) is 0.442. The van der Waals surface area contributed by atoms with Crippen molar-refractivity contribution in [2.24, 2.45) is 11.8 Å². The molecule has 318 valence electrons. The van der Waals surface area contributed by atoms with Crippen molar-refractivity contribution in [3.05, 3.63) is 72.2 Å². The number of methoxy groups -OCH3 is 2. The molecule has 0 spiro atoms. The number of fused-ring (bicyclic) bond motifs is 3. The lowest BCUT2D eigenvalue weighted by Crippen LogP contribution is -2.52. The second-order valence-corrected chi connectivity index (χ2v) is 22.4. The Hall–Kier alpha value is -5.84. The maximum Gasteiger partial charge on any atom is 0.407 e. The number of alkyl halides is 1. The minimum atomic E-state index is -1.83. The van der Waals surface area contributed by atoms with Gasteiger partial charge in [0.1, 0.15) is 35.7 Å². The molecule has 3 unspecified atom stereocenters. The number of hydrogen-bond donors (Lipinski definition) is 4. The van der Waals surface area contributed by atoms with E-state index in [1.54, 1.807) is 26.1 Å². The van der Waals surface area contributed by atoms with Crippen LogP contribution in [-0.4, -0.2) is 107 Å². The van der Waals surface area contributed by atoms with Gasteiger partial charge in [-0.25, -0.2) is 28.3 Å². The van der Waals surface area contributed by atoms with Crippen LogP contribution in [0, 0.1) is 17.7 Å². The fourth-order valence-corrected chi connectivity index (χ4v) is 11.4. The van der Waals surface area contributed by atoms with Crippen LogP contribution < -0.4 is 10.6 Å². The molecule has 2 aliphatic rings. The van der Waals surface area contributed by atoms with E-state index in [0.717, 1.165) is 16.8 Å². The van der Waals surface area contributed by atoms with Crippen LogP contribution in [0.25, 0.3) is 44.2 Å². The smallest absolute Gasteiger partial charge is 0.407 e. The molecule has 4 heterocycles. The van der Waals surface area contributed by atoms with Crippen molar-refractivity contribution in [2.75, 3.05) is 26.9 Å². The molecular weight excluding hydrogens is 791 g/mol. The molecule has 0 saturated carbocycles. The molecule has 17 heteroatoms. The van der Waals surface area contributed by atoms with Gasteiger partial charge in [-0.1, -0.05) is 71.1 Å². The molecule has 0 bridgehead atoms. The van der Waals surface area contributed by atoms with Crippen molar-refractivity contribution in [1.82, 2.24) is 40.4 Å². The van der Waals surface area contributed by atoms with Gasteiger partial charge in [-0.2, -0.15) is 0 Å². The molecule has 0 radical (unpaired) electrons. The number of aromatic amines is 2. The van der Waals surface area contributed by atoms with Crippen LogP contribution in [0.5, 0.6) is 0 Å². The Labute approximate surface area is 347 Å². The molecule has 60 heavy (non-hydrogen) atoms. The van der Waals surface area contributed by atoms with Crippen LogP contribution in [0.4, 0.5) is 18.4 Å². The van der Waals surface area contributed by atoms with Crippen molar-refractivity contribution in [3.8, 4) is 22.4 Å². The predicted octanol–water partition coefficient (Wildman–Crippen LogP) is 7.42. The Kier molecular flexibility index (Phi) is 11.7. The summed E-state index contributed by atoms with van der Waals surface area (Å²) in [6.45, 7) is 11.7. The quantitative estimate of drug-likeness (QED) is 0.105. The molecule has 14 nitrogen and oxygen atoms in total. The van der Waals surface area contributed by atoms with Gasteiger partial charge in [0.15, 0.2) is 0 Å². The number of amides is 4. The van der Waals surface area contributed by atoms with Gasteiger partial charge in [0.05, 0.1) is 63.8 Å². The van der Waals surface area contributed by atoms with Crippen LogP contribution in [0.3, 0.4) is 0 Å². The number of imidazole rings is 2. The van der Waals surface area contributed by atoms with E-state index in [4.69, 9.17) is 14.5 Å².